The zero-order chi connectivity index (χ0) is 21.8. The Labute approximate surface area is 179 Å². The minimum absolute atomic E-state index is 0.400. The number of H-pyrrole nitrogens is 1. The molecule has 0 aliphatic carbocycles. The summed E-state index contributed by atoms with van der Waals surface area (Å²) in [6, 6.07) is 12.7. The molecule has 2 aromatic carbocycles. The molecule has 0 aliphatic rings. The number of hydrogen-bond acceptors (Lipinski definition) is 4. The zero-order valence-corrected chi connectivity index (χ0v) is 17.5. The maximum absolute atomic E-state index is 12.4. The van der Waals surface area contributed by atoms with Crippen LogP contribution in [0.1, 0.15) is 35.4 Å². The molecule has 0 aliphatic heterocycles. The number of nitrogens with one attached hydrogen (secondary N) is 4. The third kappa shape index (κ3) is 4.50. The van der Waals surface area contributed by atoms with Crippen LogP contribution >= 0.6 is 0 Å². The van der Waals surface area contributed by atoms with Crippen molar-refractivity contribution >= 4 is 34.0 Å². The van der Waals surface area contributed by atoms with Crippen molar-refractivity contribution < 1.29 is 9.59 Å². The third-order valence-corrected chi connectivity index (χ3v) is 5.12. The van der Waals surface area contributed by atoms with Gasteiger partial charge in [0.1, 0.15) is 11.6 Å². The highest BCUT2D eigenvalue weighted by Gasteiger charge is 2.11. The Morgan fingerprint density at radius 1 is 1.06 bits per heavy atom. The molecule has 3 amide bonds. The van der Waals surface area contributed by atoms with Gasteiger partial charge in [0.15, 0.2) is 0 Å². The molecule has 9 heteroatoms. The average molecular weight is 419 g/mol. The lowest BCUT2D eigenvalue weighted by Gasteiger charge is -2.09. The van der Waals surface area contributed by atoms with Crippen molar-refractivity contribution in [2.45, 2.75) is 33.2 Å². The van der Waals surface area contributed by atoms with Gasteiger partial charge in [-0.15, -0.1) is 0 Å². The lowest BCUT2D eigenvalue weighted by Crippen LogP contribution is -2.47. The third-order valence-electron chi connectivity index (χ3n) is 5.12. The van der Waals surface area contributed by atoms with E-state index in [1.165, 1.54) is 0 Å². The molecular weight excluding hydrogens is 394 g/mol. The van der Waals surface area contributed by atoms with Crippen molar-refractivity contribution in [2.24, 2.45) is 0 Å². The molecule has 160 valence electrons. The largest absolute Gasteiger partial charge is 0.342 e. The number of aromatic nitrogens is 4. The van der Waals surface area contributed by atoms with Gasteiger partial charge in [0.2, 0.25) is 0 Å². The van der Waals surface area contributed by atoms with E-state index >= 15 is 0 Å². The number of carbonyl (C=O) groups excluding carboxylic acids is 2. The van der Waals surface area contributed by atoms with E-state index in [0.717, 1.165) is 46.7 Å². The number of amides is 3. The van der Waals surface area contributed by atoms with Gasteiger partial charge in [0, 0.05) is 25.1 Å². The fraction of sp³-hybridized carbons (Fsp3) is 0.273. The summed E-state index contributed by atoms with van der Waals surface area (Å²) >= 11 is 0. The molecular formula is C22H25N7O2. The first-order valence-corrected chi connectivity index (χ1v) is 10.3. The van der Waals surface area contributed by atoms with Crippen LogP contribution in [0.15, 0.2) is 42.5 Å². The summed E-state index contributed by atoms with van der Waals surface area (Å²) < 4.78 is 2.08. The number of nitrogens with zero attached hydrogens (tertiary/aromatic N) is 3. The molecule has 0 saturated heterocycles. The van der Waals surface area contributed by atoms with Crippen LogP contribution in [-0.4, -0.2) is 38.0 Å². The maximum Gasteiger partial charge on any atom is 0.333 e. The van der Waals surface area contributed by atoms with Crippen molar-refractivity contribution in [3.63, 3.8) is 0 Å². The normalized spacial score (nSPS) is 11.0. The van der Waals surface area contributed by atoms with E-state index in [-0.39, 0.29) is 0 Å². The standard InChI is InChI=1S/C22H25N7O2/c1-3-29-14(2)24-18-13-15(10-11-19(18)29)21(30)27-28-22(31)23-12-6-9-20-25-16-7-4-5-8-17(16)26-20/h4-5,7-8,10-11,13H,3,6,9,12H2,1-2H3,(H,25,26)(H,27,30)(H2,23,28,31). The second-order valence-electron chi connectivity index (χ2n) is 7.25. The number of para-hydroxylation sites is 2. The number of fused-ring (bicyclic) bond motifs is 2. The molecule has 0 unspecified atom stereocenters. The predicted octanol–water partition coefficient (Wildman–Crippen LogP) is 2.82. The van der Waals surface area contributed by atoms with Crippen molar-refractivity contribution in [2.75, 3.05) is 6.54 Å². The quantitative estimate of drug-likeness (QED) is 0.284. The number of benzene rings is 2. The number of urea groups is 1. The number of rotatable bonds is 6. The molecule has 0 radical (unpaired) electrons. The summed E-state index contributed by atoms with van der Waals surface area (Å²) in [7, 11) is 0. The van der Waals surface area contributed by atoms with Crippen LogP contribution in [-0.2, 0) is 13.0 Å². The molecule has 31 heavy (non-hydrogen) atoms. The summed E-state index contributed by atoms with van der Waals surface area (Å²) in [5.41, 5.74) is 8.89. The van der Waals surface area contributed by atoms with Crippen LogP contribution in [0.4, 0.5) is 4.79 Å². The van der Waals surface area contributed by atoms with Gasteiger partial charge in [-0.1, -0.05) is 12.1 Å². The number of aromatic amines is 1. The fourth-order valence-corrected chi connectivity index (χ4v) is 3.60. The molecule has 4 aromatic rings. The highest BCUT2D eigenvalue weighted by Crippen LogP contribution is 2.17. The van der Waals surface area contributed by atoms with E-state index in [1.54, 1.807) is 12.1 Å². The summed E-state index contributed by atoms with van der Waals surface area (Å²) in [6.07, 6.45) is 1.43. The molecule has 0 fully saturated rings. The van der Waals surface area contributed by atoms with E-state index in [4.69, 9.17) is 0 Å². The Balaban J connectivity index is 1.23. The number of imidazole rings is 2. The molecule has 9 nitrogen and oxygen atoms in total. The Bertz CT molecular complexity index is 1210. The Morgan fingerprint density at radius 3 is 2.71 bits per heavy atom. The number of carbonyl (C=O) groups is 2. The first kappa shape index (κ1) is 20.4. The van der Waals surface area contributed by atoms with E-state index < -0.39 is 11.9 Å². The Hall–Kier alpha value is -3.88. The molecule has 0 atom stereocenters. The summed E-state index contributed by atoms with van der Waals surface area (Å²) in [4.78, 5) is 36.6. The lowest BCUT2D eigenvalue weighted by atomic mass is 10.2. The van der Waals surface area contributed by atoms with Gasteiger partial charge in [-0.05, 0) is 50.6 Å². The van der Waals surface area contributed by atoms with Crippen molar-refractivity contribution in [3.8, 4) is 0 Å². The van der Waals surface area contributed by atoms with Gasteiger partial charge < -0.3 is 14.9 Å². The second-order valence-corrected chi connectivity index (χ2v) is 7.25. The van der Waals surface area contributed by atoms with Crippen LogP contribution in [0.25, 0.3) is 22.1 Å². The van der Waals surface area contributed by atoms with Crippen LogP contribution in [0.5, 0.6) is 0 Å². The fourth-order valence-electron chi connectivity index (χ4n) is 3.60. The Morgan fingerprint density at radius 2 is 1.90 bits per heavy atom. The molecule has 0 bridgehead atoms. The van der Waals surface area contributed by atoms with E-state index in [0.29, 0.717) is 18.5 Å². The molecule has 0 spiro atoms. The van der Waals surface area contributed by atoms with Crippen molar-refractivity contribution in [3.05, 3.63) is 59.7 Å². The first-order chi connectivity index (χ1) is 15.0. The number of hydrogen-bond donors (Lipinski definition) is 4. The first-order valence-electron chi connectivity index (χ1n) is 10.3. The lowest BCUT2D eigenvalue weighted by molar-refractivity contribution is 0.0936. The highest BCUT2D eigenvalue weighted by atomic mass is 16.2. The van der Waals surface area contributed by atoms with Gasteiger partial charge in [-0.25, -0.2) is 20.2 Å². The van der Waals surface area contributed by atoms with Crippen LogP contribution in [0.2, 0.25) is 0 Å². The van der Waals surface area contributed by atoms with Crippen molar-refractivity contribution in [1.82, 2.24) is 35.7 Å². The minimum atomic E-state index is -0.467. The van der Waals surface area contributed by atoms with Crippen LogP contribution in [0.3, 0.4) is 0 Å². The summed E-state index contributed by atoms with van der Waals surface area (Å²) in [6.45, 7) is 5.25. The molecule has 2 heterocycles. The maximum atomic E-state index is 12.4. The van der Waals surface area contributed by atoms with Gasteiger partial charge in [-0.3, -0.25) is 10.2 Å². The predicted molar refractivity (Wildman–Crippen MR) is 119 cm³/mol. The van der Waals surface area contributed by atoms with Gasteiger partial charge in [0.05, 0.1) is 22.1 Å². The second kappa shape index (κ2) is 8.86. The molecule has 0 saturated carbocycles. The van der Waals surface area contributed by atoms with Gasteiger partial charge in [0.25, 0.3) is 5.91 Å². The average Bonchev–Trinajstić information content (AvgIpc) is 3.33. The number of hydrazine groups is 1. The van der Waals surface area contributed by atoms with Gasteiger partial charge >= 0.3 is 6.03 Å². The highest BCUT2D eigenvalue weighted by molar-refractivity contribution is 5.98. The molecule has 4 rings (SSSR count). The Kier molecular flexibility index (Phi) is 5.83. The SMILES string of the molecule is CCn1c(C)nc2cc(C(=O)NNC(=O)NCCCc3nc4ccccc4[nH]3)ccc21. The number of aryl methyl sites for hydroxylation is 3. The molecule has 2 aromatic heterocycles. The monoisotopic (exact) mass is 419 g/mol. The van der Waals surface area contributed by atoms with E-state index in [2.05, 4.69) is 35.7 Å². The smallest absolute Gasteiger partial charge is 0.333 e. The summed E-state index contributed by atoms with van der Waals surface area (Å²) in [5.74, 6) is 1.38. The van der Waals surface area contributed by atoms with Gasteiger partial charge in [-0.2, -0.15) is 0 Å². The van der Waals surface area contributed by atoms with E-state index in [9.17, 15) is 9.59 Å². The van der Waals surface area contributed by atoms with Crippen LogP contribution in [0, 0.1) is 6.92 Å². The topological polar surface area (TPSA) is 117 Å². The van der Waals surface area contributed by atoms with Crippen LogP contribution < -0.4 is 16.2 Å². The van der Waals surface area contributed by atoms with E-state index in [1.807, 2.05) is 44.2 Å². The zero-order valence-electron chi connectivity index (χ0n) is 17.5. The van der Waals surface area contributed by atoms with Crippen molar-refractivity contribution in [1.29, 1.82) is 0 Å². The summed E-state index contributed by atoms with van der Waals surface area (Å²) in [5, 5.41) is 2.72. The molecule has 4 N–H and O–H groups in total. The minimum Gasteiger partial charge on any atom is -0.342 e.